The Morgan fingerprint density at radius 1 is 0.935 bits per heavy atom. The van der Waals surface area contributed by atoms with E-state index in [0.29, 0.717) is 0 Å². The van der Waals surface area contributed by atoms with Gasteiger partial charge in [-0.15, -0.1) is 0 Å². The molecule has 2 aromatic rings. The van der Waals surface area contributed by atoms with Crippen molar-refractivity contribution in [3.8, 4) is 0 Å². The number of carbonyl (C=O) groups is 3. The summed E-state index contributed by atoms with van der Waals surface area (Å²) >= 11 is 0. The van der Waals surface area contributed by atoms with Crippen LogP contribution in [0, 0.1) is 17.6 Å². The summed E-state index contributed by atoms with van der Waals surface area (Å²) < 4.78 is 27.9. The molecule has 6 nitrogen and oxygen atoms in total. The Kier molecular flexibility index (Phi) is 7.70. The first-order chi connectivity index (χ1) is 14.9. The van der Waals surface area contributed by atoms with Crippen molar-refractivity contribution in [3.63, 3.8) is 0 Å². The molecule has 0 aliphatic heterocycles. The first kappa shape index (κ1) is 22.4. The van der Waals surface area contributed by atoms with Crippen molar-refractivity contribution in [3.05, 3.63) is 65.7 Å². The number of benzene rings is 2. The average Bonchev–Trinajstić information content (AvgIpc) is 3.29. The monoisotopic (exact) mass is 429 g/mol. The number of nitrogens with zero attached hydrogens (tertiary/aromatic N) is 1. The van der Waals surface area contributed by atoms with E-state index in [1.165, 1.54) is 36.4 Å². The van der Waals surface area contributed by atoms with Crippen LogP contribution in [0.1, 0.15) is 31.2 Å². The molecule has 0 saturated heterocycles. The third-order valence-corrected chi connectivity index (χ3v) is 5.29. The number of anilines is 1. The summed E-state index contributed by atoms with van der Waals surface area (Å²) in [6.07, 6.45) is 3.57. The summed E-state index contributed by atoms with van der Waals surface area (Å²) in [4.78, 5) is 38.6. The lowest BCUT2D eigenvalue weighted by Crippen LogP contribution is -2.44. The van der Waals surface area contributed by atoms with Crippen LogP contribution in [0.5, 0.6) is 0 Å². The Morgan fingerprint density at radius 2 is 1.58 bits per heavy atom. The molecule has 1 aliphatic carbocycles. The lowest BCUT2D eigenvalue weighted by Gasteiger charge is -2.23. The molecule has 2 N–H and O–H groups in total. The van der Waals surface area contributed by atoms with Gasteiger partial charge in [0.05, 0.1) is 12.2 Å². The molecule has 31 heavy (non-hydrogen) atoms. The summed E-state index contributed by atoms with van der Waals surface area (Å²) in [6, 6.07) is 11.6. The molecule has 0 aromatic heterocycles. The predicted octanol–water partition coefficient (Wildman–Crippen LogP) is 3.24. The number of hydrogen-bond donors (Lipinski definition) is 2. The summed E-state index contributed by atoms with van der Waals surface area (Å²) in [6.45, 7) is -0.868. The number of nitrogens with one attached hydrogen (secondary N) is 2. The quantitative estimate of drug-likeness (QED) is 0.676. The number of para-hydroxylation sites is 1. The van der Waals surface area contributed by atoms with Crippen LogP contribution >= 0.6 is 0 Å². The lowest BCUT2D eigenvalue weighted by atomic mass is 10.1. The first-order valence-corrected chi connectivity index (χ1v) is 10.3. The Labute approximate surface area is 179 Å². The standard InChI is InChI=1S/C23H25F2N3O3/c24-18-10-4-3-9-17(18)14-28(15-21(29)27-20-12-6-5-11-19(20)25)22(30)13-26-23(31)16-7-1-2-8-16/h3-6,9-12,16H,1-2,7-8,13-15H2,(H,26,31)(H,27,29). The highest BCUT2D eigenvalue weighted by atomic mass is 19.1. The molecule has 0 bridgehead atoms. The van der Waals surface area contributed by atoms with Crippen LogP contribution in [0.3, 0.4) is 0 Å². The maximum Gasteiger partial charge on any atom is 0.244 e. The van der Waals surface area contributed by atoms with Crippen molar-refractivity contribution in [1.29, 1.82) is 0 Å². The zero-order valence-electron chi connectivity index (χ0n) is 17.1. The summed E-state index contributed by atoms with van der Waals surface area (Å²) in [7, 11) is 0. The van der Waals surface area contributed by atoms with Crippen molar-refractivity contribution in [2.45, 2.75) is 32.2 Å². The van der Waals surface area contributed by atoms with Crippen molar-refractivity contribution >= 4 is 23.4 Å². The number of rotatable bonds is 8. The minimum absolute atomic E-state index is 0.0136. The molecule has 2 aromatic carbocycles. The Balaban J connectivity index is 1.67. The SMILES string of the molecule is O=C(CN(Cc1ccccc1F)C(=O)CNC(=O)C1CCCC1)Nc1ccccc1F. The van der Waals surface area contributed by atoms with E-state index in [0.717, 1.165) is 30.6 Å². The fraction of sp³-hybridized carbons (Fsp3) is 0.348. The molecule has 164 valence electrons. The largest absolute Gasteiger partial charge is 0.347 e. The third kappa shape index (κ3) is 6.34. The van der Waals surface area contributed by atoms with E-state index in [1.807, 2.05) is 0 Å². The van der Waals surface area contributed by atoms with Gasteiger partial charge in [-0.1, -0.05) is 43.2 Å². The maximum atomic E-state index is 14.1. The van der Waals surface area contributed by atoms with Gasteiger partial charge in [-0.3, -0.25) is 14.4 Å². The van der Waals surface area contributed by atoms with Crippen LogP contribution in [-0.2, 0) is 20.9 Å². The minimum Gasteiger partial charge on any atom is -0.347 e. The Morgan fingerprint density at radius 3 is 2.26 bits per heavy atom. The highest BCUT2D eigenvalue weighted by Gasteiger charge is 2.25. The molecule has 0 heterocycles. The van der Waals surface area contributed by atoms with E-state index in [4.69, 9.17) is 0 Å². The van der Waals surface area contributed by atoms with E-state index in [9.17, 15) is 23.2 Å². The fourth-order valence-electron chi connectivity index (χ4n) is 3.60. The highest BCUT2D eigenvalue weighted by molar-refractivity contribution is 5.95. The molecule has 3 rings (SSSR count). The summed E-state index contributed by atoms with van der Waals surface area (Å²) in [5.74, 6) is -2.56. The van der Waals surface area contributed by atoms with Crippen molar-refractivity contribution in [1.82, 2.24) is 10.2 Å². The number of hydrogen-bond acceptors (Lipinski definition) is 3. The predicted molar refractivity (Wildman–Crippen MR) is 112 cm³/mol. The van der Waals surface area contributed by atoms with Gasteiger partial charge in [0.1, 0.15) is 18.2 Å². The van der Waals surface area contributed by atoms with Crippen molar-refractivity contribution in [2.75, 3.05) is 18.4 Å². The topological polar surface area (TPSA) is 78.5 Å². The van der Waals surface area contributed by atoms with Crippen LogP contribution < -0.4 is 10.6 Å². The van der Waals surface area contributed by atoms with Gasteiger partial charge < -0.3 is 15.5 Å². The van der Waals surface area contributed by atoms with Gasteiger partial charge in [0, 0.05) is 18.0 Å². The molecule has 8 heteroatoms. The second-order valence-corrected chi connectivity index (χ2v) is 7.57. The van der Waals surface area contributed by atoms with Crippen molar-refractivity contribution < 1.29 is 23.2 Å². The van der Waals surface area contributed by atoms with Crippen LogP contribution in [-0.4, -0.2) is 35.7 Å². The van der Waals surface area contributed by atoms with Crippen LogP contribution in [0.15, 0.2) is 48.5 Å². The van der Waals surface area contributed by atoms with E-state index in [2.05, 4.69) is 10.6 Å². The van der Waals surface area contributed by atoms with E-state index in [1.54, 1.807) is 12.1 Å². The van der Waals surface area contributed by atoms with Crippen LogP contribution in [0.4, 0.5) is 14.5 Å². The van der Waals surface area contributed by atoms with Crippen LogP contribution in [0.2, 0.25) is 0 Å². The fourth-order valence-corrected chi connectivity index (χ4v) is 3.60. The number of amides is 3. The van der Waals surface area contributed by atoms with Gasteiger partial charge in [0.15, 0.2) is 0 Å². The molecule has 0 radical (unpaired) electrons. The number of carbonyl (C=O) groups excluding carboxylic acids is 3. The van der Waals surface area contributed by atoms with Gasteiger partial charge in [-0.05, 0) is 31.0 Å². The number of halogens is 2. The molecular formula is C23H25F2N3O3. The van der Waals surface area contributed by atoms with Gasteiger partial charge in [-0.25, -0.2) is 8.78 Å². The van der Waals surface area contributed by atoms with Crippen molar-refractivity contribution in [2.24, 2.45) is 5.92 Å². The van der Waals surface area contributed by atoms with E-state index >= 15 is 0 Å². The normalized spacial score (nSPS) is 13.6. The molecule has 3 amide bonds. The summed E-state index contributed by atoms with van der Waals surface area (Å²) in [5, 5.41) is 5.04. The van der Waals surface area contributed by atoms with E-state index < -0.39 is 30.0 Å². The highest BCUT2D eigenvalue weighted by Crippen LogP contribution is 2.24. The molecule has 1 saturated carbocycles. The average molecular weight is 429 g/mol. The molecular weight excluding hydrogens is 404 g/mol. The van der Waals surface area contributed by atoms with Crippen LogP contribution in [0.25, 0.3) is 0 Å². The maximum absolute atomic E-state index is 14.1. The Hall–Kier alpha value is -3.29. The molecule has 0 atom stereocenters. The first-order valence-electron chi connectivity index (χ1n) is 10.3. The summed E-state index contributed by atoms with van der Waals surface area (Å²) in [5.41, 5.74) is 0.219. The lowest BCUT2D eigenvalue weighted by molar-refractivity contribution is -0.136. The second-order valence-electron chi connectivity index (χ2n) is 7.57. The minimum atomic E-state index is -0.628. The zero-order valence-corrected chi connectivity index (χ0v) is 17.1. The molecule has 0 unspecified atom stereocenters. The second kappa shape index (κ2) is 10.7. The van der Waals surface area contributed by atoms with Gasteiger partial charge in [0.2, 0.25) is 17.7 Å². The van der Waals surface area contributed by atoms with Gasteiger partial charge in [0.25, 0.3) is 0 Å². The van der Waals surface area contributed by atoms with E-state index in [-0.39, 0.29) is 36.2 Å². The van der Waals surface area contributed by atoms with Gasteiger partial charge >= 0.3 is 0 Å². The third-order valence-electron chi connectivity index (χ3n) is 5.29. The Bertz CT molecular complexity index is 945. The zero-order chi connectivity index (χ0) is 22.2. The molecule has 1 fully saturated rings. The molecule has 0 spiro atoms. The van der Waals surface area contributed by atoms with Gasteiger partial charge in [-0.2, -0.15) is 0 Å². The smallest absolute Gasteiger partial charge is 0.244 e. The molecule has 1 aliphatic rings.